The summed E-state index contributed by atoms with van der Waals surface area (Å²) in [4.78, 5) is 11.9. The molecule has 3 nitrogen and oxygen atoms in total. The van der Waals surface area contributed by atoms with E-state index >= 15 is 0 Å². The maximum absolute atomic E-state index is 11.9. The van der Waals surface area contributed by atoms with E-state index in [4.69, 9.17) is 5.73 Å². The van der Waals surface area contributed by atoms with Crippen LogP contribution >= 0.6 is 22.6 Å². The van der Waals surface area contributed by atoms with Gasteiger partial charge in [0.1, 0.15) is 0 Å². The second-order valence-corrected chi connectivity index (χ2v) is 6.42. The van der Waals surface area contributed by atoms with Crippen LogP contribution in [0.4, 0.5) is 5.69 Å². The van der Waals surface area contributed by atoms with Crippen molar-refractivity contribution in [3.8, 4) is 0 Å². The van der Waals surface area contributed by atoms with Crippen molar-refractivity contribution in [3.63, 3.8) is 0 Å². The molecule has 4 heteroatoms. The van der Waals surface area contributed by atoms with E-state index in [1.54, 1.807) is 0 Å². The highest BCUT2D eigenvalue weighted by Crippen LogP contribution is 2.21. The molecule has 0 radical (unpaired) electrons. The van der Waals surface area contributed by atoms with Gasteiger partial charge in [0.2, 0.25) is 5.91 Å². The van der Waals surface area contributed by atoms with E-state index in [0.29, 0.717) is 24.8 Å². The van der Waals surface area contributed by atoms with E-state index in [2.05, 4.69) is 41.8 Å². The van der Waals surface area contributed by atoms with Crippen molar-refractivity contribution in [2.24, 2.45) is 17.6 Å². The van der Waals surface area contributed by atoms with Crippen molar-refractivity contribution in [2.75, 3.05) is 11.9 Å². The number of benzene rings is 1. The van der Waals surface area contributed by atoms with Crippen molar-refractivity contribution < 1.29 is 4.79 Å². The molecule has 0 aliphatic carbocycles. The van der Waals surface area contributed by atoms with Crippen molar-refractivity contribution in [1.29, 1.82) is 0 Å². The zero-order valence-corrected chi connectivity index (χ0v) is 13.8. The highest BCUT2D eigenvalue weighted by molar-refractivity contribution is 14.1. The summed E-state index contributed by atoms with van der Waals surface area (Å²) >= 11 is 2.24. The van der Waals surface area contributed by atoms with Crippen LogP contribution < -0.4 is 11.1 Å². The maximum atomic E-state index is 11.9. The number of anilines is 1. The summed E-state index contributed by atoms with van der Waals surface area (Å²) in [5, 5.41) is 2.94. The molecule has 0 aliphatic rings. The molecule has 0 saturated heterocycles. The lowest BCUT2D eigenvalue weighted by molar-refractivity contribution is -0.116. The lowest BCUT2D eigenvalue weighted by Crippen LogP contribution is -2.18. The van der Waals surface area contributed by atoms with Gasteiger partial charge in [-0.2, -0.15) is 0 Å². The first kappa shape index (κ1) is 16.4. The number of hydrogen-bond donors (Lipinski definition) is 2. The van der Waals surface area contributed by atoms with Crippen LogP contribution in [0.5, 0.6) is 0 Å². The van der Waals surface area contributed by atoms with Crippen molar-refractivity contribution in [3.05, 3.63) is 27.8 Å². The molecule has 0 heterocycles. The molecule has 1 aromatic carbocycles. The van der Waals surface area contributed by atoms with Crippen LogP contribution in [-0.4, -0.2) is 12.5 Å². The predicted molar refractivity (Wildman–Crippen MR) is 89.0 cm³/mol. The molecule has 0 bridgehead atoms. The monoisotopic (exact) mass is 374 g/mol. The molecule has 1 rings (SSSR count). The number of hydrogen-bond acceptors (Lipinski definition) is 2. The minimum absolute atomic E-state index is 0.0877. The molecule has 3 N–H and O–H groups in total. The molecule has 0 fully saturated rings. The van der Waals surface area contributed by atoms with Crippen molar-refractivity contribution >= 4 is 34.2 Å². The van der Waals surface area contributed by atoms with Crippen LogP contribution in [0.15, 0.2) is 24.3 Å². The molecule has 19 heavy (non-hydrogen) atoms. The van der Waals surface area contributed by atoms with E-state index in [9.17, 15) is 4.79 Å². The Labute approximate surface area is 129 Å². The predicted octanol–water partition coefficient (Wildman–Crippen LogP) is 3.63. The van der Waals surface area contributed by atoms with Crippen molar-refractivity contribution in [1.82, 2.24) is 0 Å². The van der Waals surface area contributed by atoms with Crippen LogP contribution in [0.25, 0.3) is 0 Å². The van der Waals surface area contributed by atoms with Gasteiger partial charge in [0.25, 0.3) is 0 Å². The quantitative estimate of drug-likeness (QED) is 0.717. The number of carbonyl (C=O) groups is 1. The third kappa shape index (κ3) is 6.38. The van der Waals surface area contributed by atoms with E-state index in [0.717, 1.165) is 22.1 Å². The van der Waals surface area contributed by atoms with Crippen LogP contribution in [0.1, 0.15) is 33.1 Å². The molecule has 0 aromatic heterocycles. The third-order valence-electron chi connectivity index (χ3n) is 3.33. The molecule has 1 aromatic rings. The van der Waals surface area contributed by atoms with Gasteiger partial charge < -0.3 is 11.1 Å². The second-order valence-electron chi connectivity index (χ2n) is 5.18. The SMILES string of the molecule is CC(C)C(CCN)CCC(=O)Nc1cccc(I)c1. The normalized spacial score (nSPS) is 12.5. The van der Waals surface area contributed by atoms with Gasteiger partial charge in [0.05, 0.1) is 0 Å². The molecule has 106 valence electrons. The van der Waals surface area contributed by atoms with Crippen LogP contribution in [0.2, 0.25) is 0 Å². The highest BCUT2D eigenvalue weighted by Gasteiger charge is 2.14. The maximum Gasteiger partial charge on any atom is 0.224 e. The smallest absolute Gasteiger partial charge is 0.224 e. The summed E-state index contributed by atoms with van der Waals surface area (Å²) < 4.78 is 1.12. The number of nitrogens with one attached hydrogen (secondary N) is 1. The number of carbonyl (C=O) groups excluding carboxylic acids is 1. The summed E-state index contributed by atoms with van der Waals surface area (Å²) in [5.41, 5.74) is 6.48. The molecule has 0 saturated carbocycles. The van der Waals surface area contributed by atoms with Gasteiger partial charge in [-0.3, -0.25) is 4.79 Å². The number of amides is 1. The minimum atomic E-state index is 0.0877. The standard InChI is InChI=1S/C15H23IN2O/c1-11(2)12(8-9-17)6-7-15(19)18-14-5-3-4-13(16)10-14/h3-5,10-12H,6-9,17H2,1-2H3,(H,18,19). The highest BCUT2D eigenvalue weighted by atomic mass is 127. The molecule has 0 aliphatic heterocycles. The molecular formula is C15H23IN2O. The summed E-state index contributed by atoms with van der Waals surface area (Å²) in [6.45, 7) is 5.08. The number of nitrogens with two attached hydrogens (primary N) is 1. The van der Waals surface area contributed by atoms with Gasteiger partial charge in [0.15, 0.2) is 0 Å². The fourth-order valence-corrected chi connectivity index (χ4v) is 2.67. The van der Waals surface area contributed by atoms with E-state index in [-0.39, 0.29) is 5.91 Å². The lowest BCUT2D eigenvalue weighted by Gasteiger charge is -2.19. The molecule has 1 unspecified atom stereocenters. The zero-order valence-electron chi connectivity index (χ0n) is 11.7. The summed E-state index contributed by atoms with van der Waals surface area (Å²) in [6.07, 6.45) is 2.47. The Kier molecular flexibility index (Phi) is 7.38. The fourth-order valence-electron chi connectivity index (χ4n) is 2.13. The van der Waals surface area contributed by atoms with Crippen LogP contribution in [0, 0.1) is 15.4 Å². The van der Waals surface area contributed by atoms with Gasteiger partial charge in [-0.1, -0.05) is 19.9 Å². The van der Waals surface area contributed by atoms with Gasteiger partial charge in [-0.05, 0) is 72.0 Å². The topological polar surface area (TPSA) is 55.1 Å². The molecule has 1 amide bonds. The zero-order chi connectivity index (χ0) is 14.3. The Bertz CT molecular complexity index is 407. The van der Waals surface area contributed by atoms with Gasteiger partial charge in [-0.15, -0.1) is 0 Å². The van der Waals surface area contributed by atoms with E-state index in [1.165, 1.54) is 0 Å². The van der Waals surface area contributed by atoms with Crippen LogP contribution in [-0.2, 0) is 4.79 Å². The van der Waals surface area contributed by atoms with Gasteiger partial charge in [0, 0.05) is 15.7 Å². The Morgan fingerprint density at radius 3 is 2.68 bits per heavy atom. The average molecular weight is 374 g/mol. The van der Waals surface area contributed by atoms with Crippen LogP contribution in [0.3, 0.4) is 0 Å². The lowest BCUT2D eigenvalue weighted by atomic mass is 9.88. The minimum Gasteiger partial charge on any atom is -0.330 e. The summed E-state index contributed by atoms with van der Waals surface area (Å²) in [7, 11) is 0. The third-order valence-corrected chi connectivity index (χ3v) is 4.00. The van der Waals surface area contributed by atoms with E-state index in [1.807, 2.05) is 24.3 Å². The Balaban J connectivity index is 2.42. The van der Waals surface area contributed by atoms with Crippen molar-refractivity contribution in [2.45, 2.75) is 33.1 Å². The molecule has 1 atom stereocenters. The average Bonchev–Trinajstić information content (AvgIpc) is 2.34. The fraction of sp³-hybridized carbons (Fsp3) is 0.533. The number of rotatable bonds is 7. The first-order valence-corrected chi connectivity index (χ1v) is 7.86. The first-order chi connectivity index (χ1) is 9.02. The Morgan fingerprint density at radius 2 is 2.11 bits per heavy atom. The Hall–Kier alpha value is -0.620. The van der Waals surface area contributed by atoms with Gasteiger partial charge >= 0.3 is 0 Å². The summed E-state index contributed by atoms with van der Waals surface area (Å²) in [6, 6.07) is 7.84. The van der Waals surface area contributed by atoms with E-state index < -0.39 is 0 Å². The Morgan fingerprint density at radius 1 is 1.37 bits per heavy atom. The largest absolute Gasteiger partial charge is 0.330 e. The van der Waals surface area contributed by atoms with Gasteiger partial charge in [-0.25, -0.2) is 0 Å². The molecular weight excluding hydrogens is 351 g/mol. The first-order valence-electron chi connectivity index (χ1n) is 6.78. The second kappa shape index (κ2) is 8.53. The summed E-state index contributed by atoms with van der Waals surface area (Å²) in [5.74, 6) is 1.20. The molecule has 0 spiro atoms. The number of halogens is 1.